The van der Waals surface area contributed by atoms with Gasteiger partial charge in [0.05, 0.1) is 21.9 Å². The van der Waals surface area contributed by atoms with Crippen molar-refractivity contribution < 1.29 is 13.2 Å². The zero-order valence-corrected chi connectivity index (χ0v) is 16.9. The highest BCUT2D eigenvalue weighted by atomic mass is 32.2. The Morgan fingerprint density at radius 1 is 1.24 bits per heavy atom. The first-order chi connectivity index (χ1) is 11.7. The van der Waals surface area contributed by atoms with E-state index < -0.39 is 14.6 Å². The number of piperidine rings is 1. The Bertz CT molecular complexity index is 626. The lowest BCUT2D eigenvalue weighted by Gasteiger charge is -2.34. The molecule has 0 radical (unpaired) electrons. The van der Waals surface area contributed by atoms with Crippen LogP contribution in [0, 0.1) is 0 Å². The molecule has 1 saturated heterocycles. The van der Waals surface area contributed by atoms with Gasteiger partial charge in [0.1, 0.15) is 0 Å². The van der Waals surface area contributed by atoms with Crippen LogP contribution in [-0.2, 0) is 14.6 Å². The van der Waals surface area contributed by atoms with Crippen molar-refractivity contribution in [2.75, 3.05) is 19.6 Å². The zero-order chi connectivity index (χ0) is 18.5. The van der Waals surface area contributed by atoms with E-state index in [0.29, 0.717) is 17.4 Å². The largest absolute Gasteiger partial charge is 0.374 e. The van der Waals surface area contributed by atoms with Crippen molar-refractivity contribution in [1.82, 2.24) is 4.90 Å². The Hall–Kier alpha value is -0.910. The molecule has 1 aromatic rings. The smallest absolute Gasteiger partial charge is 0.183 e. The third kappa shape index (κ3) is 5.53. The second-order valence-electron chi connectivity index (χ2n) is 7.93. The van der Waals surface area contributed by atoms with Crippen LogP contribution in [0.15, 0.2) is 35.2 Å². The molecule has 1 unspecified atom stereocenters. The first kappa shape index (κ1) is 20.4. The highest BCUT2D eigenvalue weighted by Crippen LogP contribution is 2.29. The minimum Gasteiger partial charge on any atom is -0.374 e. The molecule has 1 fully saturated rings. The third-order valence-corrected chi connectivity index (χ3v) is 7.51. The van der Waals surface area contributed by atoms with Gasteiger partial charge in [-0.3, -0.25) is 0 Å². The van der Waals surface area contributed by atoms with E-state index >= 15 is 0 Å². The average molecular weight is 368 g/mol. The van der Waals surface area contributed by atoms with Crippen LogP contribution in [0.25, 0.3) is 0 Å². The standard InChI is InChI=1S/C20H33NO3S/c1-17(2)24-18-10-8-14-21(16-18)15-9-13-20(3,4)25(22,23)19-11-6-5-7-12-19/h5-7,11-12,17-18H,8-10,13-16H2,1-4H3. The van der Waals surface area contributed by atoms with Crippen LogP contribution in [0.2, 0.25) is 0 Å². The SMILES string of the molecule is CC(C)OC1CCCN(CCCC(C)(C)S(=O)(=O)c2ccccc2)C1. The lowest BCUT2D eigenvalue weighted by molar-refractivity contribution is -0.0333. The Morgan fingerprint density at radius 3 is 2.56 bits per heavy atom. The van der Waals surface area contributed by atoms with Gasteiger partial charge in [0.15, 0.2) is 9.84 Å². The van der Waals surface area contributed by atoms with Crippen LogP contribution in [0.1, 0.15) is 53.4 Å². The summed E-state index contributed by atoms with van der Waals surface area (Å²) in [7, 11) is -3.31. The molecule has 1 aliphatic rings. The Balaban J connectivity index is 1.88. The van der Waals surface area contributed by atoms with Crippen LogP contribution in [0.4, 0.5) is 0 Å². The summed E-state index contributed by atoms with van der Waals surface area (Å²) in [6.07, 6.45) is 4.41. The van der Waals surface area contributed by atoms with Gasteiger partial charge in [-0.2, -0.15) is 0 Å². The van der Waals surface area contributed by atoms with E-state index in [1.807, 2.05) is 19.9 Å². The van der Waals surface area contributed by atoms with Gasteiger partial charge in [-0.25, -0.2) is 8.42 Å². The molecule has 4 nitrogen and oxygen atoms in total. The molecule has 2 rings (SSSR count). The van der Waals surface area contributed by atoms with E-state index in [-0.39, 0.29) is 6.10 Å². The Labute approximate surface area is 153 Å². The lowest BCUT2D eigenvalue weighted by atomic mass is 10.0. The molecule has 142 valence electrons. The summed E-state index contributed by atoms with van der Waals surface area (Å²) in [5, 5.41) is 0. The van der Waals surface area contributed by atoms with Crippen LogP contribution >= 0.6 is 0 Å². The molecule has 1 heterocycles. The topological polar surface area (TPSA) is 46.6 Å². The molecule has 0 amide bonds. The number of ether oxygens (including phenoxy) is 1. The number of nitrogens with zero attached hydrogens (tertiary/aromatic N) is 1. The number of hydrogen-bond acceptors (Lipinski definition) is 4. The summed E-state index contributed by atoms with van der Waals surface area (Å²) in [5.74, 6) is 0. The van der Waals surface area contributed by atoms with E-state index in [9.17, 15) is 8.42 Å². The third-order valence-electron chi connectivity index (χ3n) is 4.96. The molecule has 0 aliphatic carbocycles. The monoisotopic (exact) mass is 367 g/mol. The number of hydrogen-bond donors (Lipinski definition) is 0. The second-order valence-corrected chi connectivity index (χ2v) is 10.5. The summed E-state index contributed by atoms with van der Waals surface area (Å²) in [6.45, 7) is 10.8. The maximum absolute atomic E-state index is 12.9. The molecule has 1 atom stereocenters. The molecule has 1 aromatic carbocycles. The quantitative estimate of drug-likeness (QED) is 0.699. The molecule has 5 heteroatoms. The van der Waals surface area contributed by atoms with E-state index in [4.69, 9.17) is 4.74 Å². The molecular weight excluding hydrogens is 334 g/mol. The van der Waals surface area contributed by atoms with Gasteiger partial charge < -0.3 is 9.64 Å². The van der Waals surface area contributed by atoms with Crippen LogP contribution < -0.4 is 0 Å². The number of sulfone groups is 1. The van der Waals surface area contributed by atoms with Crippen molar-refractivity contribution in [3.63, 3.8) is 0 Å². The highest BCUT2D eigenvalue weighted by Gasteiger charge is 2.35. The van der Waals surface area contributed by atoms with Gasteiger partial charge in [-0.1, -0.05) is 18.2 Å². The molecule has 0 aromatic heterocycles. The summed E-state index contributed by atoms with van der Waals surface area (Å²) in [4.78, 5) is 2.84. The van der Waals surface area contributed by atoms with Crippen molar-refractivity contribution in [2.24, 2.45) is 0 Å². The zero-order valence-electron chi connectivity index (χ0n) is 16.1. The predicted octanol–water partition coefficient (Wildman–Crippen LogP) is 3.91. The summed E-state index contributed by atoms with van der Waals surface area (Å²) in [6, 6.07) is 8.79. The van der Waals surface area contributed by atoms with E-state index in [0.717, 1.165) is 38.9 Å². The van der Waals surface area contributed by atoms with Crippen LogP contribution in [-0.4, -0.2) is 49.9 Å². The molecule has 0 N–H and O–H groups in total. The highest BCUT2D eigenvalue weighted by molar-refractivity contribution is 7.92. The van der Waals surface area contributed by atoms with Gasteiger partial charge >= 0.3 is 0 Å². The van der Waals surface area contributed by atoms with Crippen LogP contribution in [0.5, 0.6) is 0 Å². The van der Waals surface area contributed by atoms with Crippen molar-refractivity contribution in [3.8, 4) is 0 Å². The summed E-state index contributed by atoms with van der Waals surface area (Å²) >= 11 is 0. The van der Waals surface area contributed by atoms with E-state index in [1.54, 1.807) is 24.3 Å². The molecule has 0 bridgehead atoms. The summed E-state index contributed by atoms with van der Waals surface area (Å²) in [5.41, 5.74) is 0. The number of likely N-dealkylation sites (tertiary alicyclic amines) is 1. The summed E-state index contributed by atoms with van der Waals surface area (Å²) < 4.78 is 30.9. The van der Waals surface area contributed by atoms with Gasteiger partial charge in [-0.15, -0.1) is 0 Å². The first-order valence-corrected chi connectivity index (χ1v) is 10.9. The molecule has 0 saturated carbocycles. The lowest BCUT2D eigenvalue weighted by Crippen LogP contribution is -2.41. The molecular formula is C20H33NO3S. The van der Waals surface area contributed by atoms with Crippen molar-refractivity contribution in [3.05, 3.63) is 30.3 Å². The Kier molecular flexibility index (Phi) is 7.06. The molecule has 1 aliphatic heterocycles. The maximum atomic E-state index is 12.9. The minimum absolute atomic E-state index is 0.264. The first-order valence-electron chi connectivity index (χ1n) is 9.40. The Morgan fingerprint density at radius 2 is 1.92 bits per heavy atom. The fourth-order valence-corrected chi connectivity index (χ4v) is 5.06. The van der Waals surface area contributed by atoms with Crippen LogP contribution in [0.3, 0.4) is 0 Å². The van der Waals surface area contributed by atoms with Gasteiger partial charge in [0.25, 0.3) is 0 Å². The molecule has 0 spiro atoms. The predicted molar refractivity (Wildman–Crippen MR) is 103 cm³/mol. The fourth-order valence-electron chi connectivity index (χ4n) is 3.49. The normalized spacial score (nSPS) is 20.1. The van der Waals surface area contributed by atoms with Crippen molar-refractivity contribution >= 4 is 9.84 Å². The van der Waals surface area contributed by atoms with Gasteiger partial charge in [0, 0.05) is 6.54 Å². The van der Waals surface area contributed by atoms with Crippen molar-refractivity contribution in [1.29, 1.82) is 0 Å². The number of benzene rings is 1. The maximum Gasteiger partial charge on any atom is 0.183 e. The van der Waals surface area contributed by atoms with E-state index in [2.05, 4.69) is 18.7 Å². The van der Waals surface area contributed by atoms with Gasteiger partial charge in [0.2, 0.25) is 0 Å². The van der Waals surface area contributed by atoms with E-state index in [1.165, 1.54) is 0 Å². The second kappa shape index (κ2) is 8.65. The van der Waals surface area contributed by atoms with Crippen molar-refractivity contribution in [2.45, 2.75) is 75.2 Å². The number of rotatable bonds is 8. The fraction of sp³-hybridized carbons (Fsp3) is 0.700. The molecule has 25 heavy (non-hydrogen) atoms. The minimum atomic E-state index is -3.31. The average Bonchev–Trinajstić information content (AvgIpc) is 2.55. The van der Waals surface area contributed by atoms with Gasteiger partial charge in [-0.05, 0) is 78.6 Å².